The third-order valence-corrected chi connectivity index (χ3v) is 9.40. The van der Waals surface area contributed by atoms with Gasteiger partial charge in [0.2, 0.25) is 17.7 Å². The molecular formula is C28H36N6O6. The largest absolute Gasteiger partial charge is 0.465 e. The Labute approximate surface area is 231 Å². The molecule has 1 aromatic heterocycles. The molecule has 4 amide bonds. The minimum absolute atomic E-state index is 0.00880. The zero-order valence-corrected chi connectivity index (χ0v) is 22.7. The molecule has 6 rings (SSSR count). The lowest BCUT2D eigenvalue weighted by atomic mass is 9.85. The van der Waals surface area contributed by atoms with E-state index in [-0.39, 0.29) is 41.9 Å². The molecule has 1 aliphatic carbocycles. The van der Waals surface area contributed by atoms with Crippen molar-refractivity contribution in [3.05, 3.63) is 34.2 Å². The zero-order valence-electron chi connectivity index (χ0n) is 22.7. The van der Waals surface area contributed by atoms with Crippen molar-refractivity contribution in [3.63, 3.8) is 0 Å². The van der Waals surface area contributed by atoms with Crippen LogP contribution in [-0.2, 0) is 27.9 Å². The first kappa shape index (κ1) is 26.5. The number of piperazine rings is 1. The second-order valence-electron chi connectivity index (χ2n) is 11.8. The van der Waals surface area contributed by atoms with Gasteiger partial charge in [-0.05, 0) is 62.6 Å². The molecule has 3 saturated heterocycles. The number of nitrogens with one attached hydrogen (secondary N) is 2. The summed E-state index contributed by atoms with van der Waals surface area (Å²) in [7, 11) is 1.71. The van der Waals surface area contributed by atoms with Crippen LogP contribution >= 0.6 is 0 Å². The highest BCUT2D eigenvalue weighted by Crippen LogP contribution is 2.35. The van der Waals surface area contributed by atoms with E-state index in [1.165, 1.54) is 4.57 Å². The van der Waals surface area contributed by atoms with Crippen LogP contribution in [0.5, 0.6) is 0 Å². The number of fused-ring (bicyclic) bond motifs is 3. The number of likely N-dealkylation sites (tertiary alicyclic amines) is 2. The maximum atomic E-state index is 13.2. The molecule has 1 aromatic carbocycles. The lowest BCUT2D eigenvalue weighted by molar-refractivity contribution is -0.139. The summed E-state index contributed by atoms with van der Waals surface area (Å²) >= 11 is 0. The molecule has 3 unspecified atom stereocenters. The van der Waals surface area contributed by atoms with E-state index >= 15 is 0 Å². The number of aromatic nitrogens is 2. The molecule has 214 valence electrons. The van der Waals surface area contributed by atoms with Crippen LogP contribution in [0.2, 0.25) is 0 Å². The van der Waals surface area contributed by atoms with E-state index in [1.807, 2.05) is 18.2 Å². The van der Waals surface area contributed by atoms with E-state index in [0.717, 1.165) is 56.4 Å². The topological polar surface area (TPSA) is 146 Å². The van der Waals surface area contributed by atoms with Gasteiger partial charge in [-0.2, -0.15) is 0 Å². The third-order valence-electron chi connectivity index (χ3n) is 9.40. The number of nitrogens with zero attached hydrogens (tertiary/aromatic N) is 4. The number of benzene rings is 1. The maximum absolute atomic E-state index is 13.2. The van der Waals surface area contributed by atoms with Crippen molar-refractivity contribution in [2.45, 2.75) is 75.5 Å². The number of aryl methyl sites for hydroxylation is 1. The van der Waals surface area contributed by atoms with Crippen molar-refractivity contribution in [2.75, 3.05) is 19.6 Å². The fourth-order valence-electron chi connectivity index (χ4n) is 7.25. The molecule has 4 heterocycles. The molecule has 12 nitrogen and oxygen atoms in total. The van der Waals surface area contributed by atoms with Crippen LogP contribution in [-0.4, -0.2) is 85.6 Å². The smallest absolute Gasteiger partial charge is 0.404 e. The summed E-state index contributed by atoms with van der Waals surface area (Å²) in [4.78, 5) is 65.7. The Morgan fingerprint density at radius 1 is 1.02 bits per heavy atom. The first-order valence-electron chi connectivity index (χ1n) is 14.3. The normalized spacial score (nSPS) is 28.7. The number of carbonyl (C=O) groups excluding carboxylic acids is 3. The molecule has 3 atom stereocenters. The van der Waals surface area contributed by atoms with Gasteiger partial charge in [0.15, 0.2) is 0 Å². The van der Waals surface area contributed by atoms with Gasteiger partial charge in [-0.1, -0.05) is 6.07 Å². The summed E-state index contributed by atoms with van der Waals surface area (Å²) in [6, 6.07) is 5.75. The highest BCUT2D eigenvalue weighted by Gasteiger charge is 2.46. The fraction of sp³-hybridized carbons (Fsp3) is 0.607. The summed E-state index contributed by atoms with van der Waals surface area (Å²) < 4.78 is 3.07. The highest BCUT2D eigenvalue weighted by atomic mass is 16.4. The average Bonchev–Trinajstić information content (AvgIpc) is 3.60. The van der Waals surface area contributed by atoms with Crippen LogP contribution in [0, 0.1) is 5.92 Å². The first-order valence-corrected chi connectivity index (χ1v) is 14.3. The van der Waals surface area contributed by atoms with Gasteiger partial charge in [0.05, 0.1) is 11.0 Å². The van der Waals surface area contributed by atoms with Gasteiger partial charge in [0.1, 0.15) is 6.04 Å². The van der Waals surface area contributed by atoms with Crippen LogP contribution in [0.15, 0.2) is 23.0 Å². The number of carboxylic acid groups (broad SMARTS) is 1. The summed E-state index contributed by atoms with van der Waals surface area (Å²) in [5.74, 6) is -0.523. The number of imidazole rings is 1. The summed E-state index contributed by atoms with van der Waals surface area (Å²) in [5.41, 5.74) is 2.29. The molecule has 2 aromatic rings. The molecule has 4 aliphatic rings. The quantitative estimate of drug-likeness (QED) is 0.453. The Kier molecular flexibility index (Phi) is 6.89. The second kappa shape index (κ2) is 10.4. The van der Waals surface area contributed by atoms with Gasteiger partial charge < -0.3 is 15.3 Å². The summed E-state index contributed by atoms with van der Waals surface area (Å²) in [6.45, 7) is 2.47. The Hall–Kier alpha value is -3.67. The average molecular weight is 553 g/mol. The van der Waals surface area contributed by atoms with Crippen LogP contribution in [0.3, 0.4) is 0 Å². The predicted molar refractivity (Wildman–Crippen MR) is 145 cm³/mol. The van der Waals surface area contributed by atoms with Crippen molar-refractivity contribution < 1.29 is 24.3 Å². The molecule has 40 heavy (non-hydrogen) atoms. The molecule has 2 bridgehead atoms. The Morgan fingerprint density at radius 2 is 1.80 bits per heavy atom. The van der Waals surface area contributed by atoms with Crippen molar-refractivity contribution in [1.82, 2.24) is 29.6 Å². The fourth-order valence-corrected chi connectivity index (χ4v) is 7.25. The number of carbonyl (C=O) groups is 4. The van der Waals surface area contributed by atoms with Gasteiger partial charge in [0.25, 0.3) is 0 Å². The zero-order chi connectivity index (χ0) is 28.1. The predicted octanol–water partition coefficient (Wildman–Crippen LogP) is 0.972. The lowest BCUT2D eigenvalue weighted by Gasteiger charge is -2.37. The Balaban J connectivity index is 1.06. The molecule has 1 saturated carbocycles. The Bertz CT molecular complexity index is 1420. The van der Waals surface area contributed by atoms with Crippen LogP contribution in [0.1, 0.15) is 56.6 Å². The highest BCUT2D eigenvalue weighted by molar-refractivity contribution is 6.00. The SMILES string of the molecule is Cn1c(=O)n(C2CCC(=O)NC2=O)c2ccc(CCN3CC4CC3CN4C(=O)C3CCC(NC(=O)O)CC3)cc21. The van der Waals surface area contributed by atoms with Crippen molar-refractivity contribution in [3.8, 4) is 0 Å². The van der Waals surface area contributed by atoms with E-state index in [4.69, 9.17) is 5.11 Å². The monoisotopic (exact) mass is 552 g/mol. The van der Waals surface area contributed by atoms with E-state index in [9.17, 15) is 24.0 Å². The molecule has 3 N–H and O–H groups in total. The number of rotatable bonds is 6. The summed E-state index contributed by atoms with van der Waals surface area (Å²) in [5, 5.41) is 13.8. The number of hydrogen-bond acceptors (Lipinski definition) is 6. The van der Waals surface area contributed by atoms with Gasteiger partial charge in [-0.15, -0.1) is 0 Å². The molecule has 0 radical (unpaired) electrons. The first-order chi connectivity index (χ1) is 19.2. The van der Waals surface area contributed by atoms with E-state index in [2.05, 4.69) is 20.4 Å². The number of imide groups is 1. The van der Waals surface area contributed by atoms with E-state index in [1.54, 1.807) is 11.6 Å². The van der Waals surface area contributed by atoms with Crippen LogP contribution in [0.25, 0.3) is 11.0 Å². The third kappa shape index (κ3) is 4.78. The molecule has 12 heteroatoms. The standard InChI is InChI=1S/C28H36N6O6/c1-31-23-12-16(2-7-21(23)34(28(31)40)22-8-9-24(35)30-25(22)36)10-11-32-14-20-13-19(32)15-33(20)26(37)17-3-5-18(6-4-17)29-27(38)39/h2,7,12,17-20,22,29H,3-6,8-11,13-15H2,1H3,(H,38,39)(H,30,35,36). The lowest BCUT2D eigenvalue weighted by Crippen LogP contribution is -2.51. The van der Waals surface area contributed by atoms with E-state index in [0.29, 0.717) is 30.8 Å². The van der Waals surface area contributed by atoms with E-state index < -0.39 is 18.0 Å². The molecule has 4 fully saturated rings. The minimum atomic E-state index is -0.999. The van der Waals surface area contributed by atoms with Gasteiger partial charge >= 0.3 is 11.8 Å². The van der Waals surface area contributed by atoms with Gasteiger partial charge in [-0.3, -0.25) is 33.7 Å². The van der Waals surface area contributed by atoms with Crippen molar-refractivity contribution in [2.24, 2.45) is 13.0 Å². The molecule has 0 spiro atoms. The van der Waals surface area contributed by atoms with Crippen molar-refractivity contribution >= 4 is 34.8 Å². The maximum Gasteiger partial charge on any atom is 0.404 e. The summed E-state index contributed by atoms with van der Waals surface area (Å²) in [6.07, 6.45) is 4.22. The molecular weight excluding hydrogens is 516 g/mol. The second-order valence-corrected chi connectivity index (χ2v) is 11.8. The number of hydrogen-bond donors (Lipinski definition) is 3. The minimum Gasteiger partial charge on any atom is -0.465 e. The van der Waals surface area contributed by atoms with Crippen LogP contribution < -0.4 is 16.3 Å². The van der Waals surface area contributed by atoms with Crippen LogP contribution in [0.4, 0.5) is 4.79 Å². The number of piperidine rings is 1. The van der Waals surface area contributed by atoms with Gasteiger partial charge in [-0.25, -0.2) is 9.59 Å². The van der Waals surface area contributed by atoms with Gasteiger partial charge in [0, 0.05) is 57.1 Å². The number of amides is 4. The van der Waals surface area contributed by atoms with Crippen molar-refractivity contribution in [1.29, 1.82) is 0 Å². The molecule has 3 aliphatic heterocycles. The Morgan fingerprint density at radius 3 is 2.48 bits per heavy atom.